The van der Waals surface area contributed by atoms with Gasteiger partial charge in [-0.15, -0.1) is 11.6 Å². The summed E-state index contributed by atoms with van der Waals surface area (Å²) in [7, 11) is 0. The molecule has 15 heavy (non-hydrogen) atoms. The van der Waals surface area contributed by atoms with Crippen LogP contribution in [-0.4, -0.2) is 11.7 Å². The number of alkyl halides is 3. The van der Waals surface area contributed by atoms with E-state index in [1.807, 2.05) is 0 Å². The van der Waals surface area contributed by atoms with Crippen LogP contribution in [0.15, 0.2) is 18.2 Å². The molecule has 0 aliphatic heterocycles. The third-order valence-corrected chi connectivity index (χ3v) is 2.42. The number of carbonyl (C=O) groups is 1. The summed E-state index contributed by atoms with van der Waals surface area (Å²) in [4.78, 5) is 11.0. The molecule has 0 heterocycles. The monoisotopic (exact) mass is 232 g/mol. The SMILES string of the molecule is Cc1cc(CC(=O)CCl)ccc1C(F)F. The van der Waals surface area contributed by atoms with Gasteiger partial charge < -0.3 is 0 Å². The Bertz CT molecular complexity index is 364. The lowest BCUT2D eigenvalue weighted by Crippen LogP contribution is -2.04. The summed E-state index contributed by atoms with van der Waals surface area (Å²) in [6, 6.07) is 4.50. The van der Waals surface area contributed by atoms with Crippen molar-refractivity contribution in [3.05, 3.63) is 34.9 Å². The van der Waals surface area contributed by atoms with Crippen molar-refractivity contribution in [2.75, 3.05) is 5.88 Å². The first-order chi connectivity index (χ1) is 7.04. The Morgan fingerprint density at radius 1 is 1.47 bits per heavy atom. The van der Waals surface area contributed by atoms with E-state index < -0.39 is 6.43 Å². The maximum Gasteiger partial charge on any atom is 0.264 e. The summed E-state index contributed by atoms with van der Waals surface area (Å²) < 4.78 is 24.8. The minimum atomic E-state index is -2.47. The molecule has 4 heteroatoms. The van der Waals surface area contributed by atoms with Crippen LogP contribution in [0.5, 0.6) is 0 Å². The number of hydrogen-bond acceptors (Lipinski definition) is 1. The third kappa shape index (κ3) is 3.27. The van der Waals surface area contributed by atoms with Gasteiger partial charge in [0.05, 0.1) is 5.88 Å². The number of rotatable bonds is 4. The standard InChI is InChI=1S/C11H11ClF2O/c1-7-4-8(5-9(15)6-12)2-3-10(7)11(13)14/h2-4,11H,5-6H2,1H3. The lowest BCUT2D eigenvalue weighted by Gasteiger charge is -2.06. The van der Waals surface area contributed by atoms with E-state index in [4.69, 9.17) is 11.6 Å². The second-order valence-corrected chi connectivity index (χ2v) is 3.61. The molecule has 0 saturated heterocycles. The Balaban J connectivity index is 2.87. The fourth-order valence-electron chi connectivity index (χ4n) is 1.37. The van der Waals surface area contributed by atoms with Crippen LogP contribution >= 0.6 is 11.6 Å². The number of hydrogen-bond donors (Lipinski definition) is 0. The molecule has 82 valence electrons. The number of carbonyl (C=O) groups excluding carboxylic acids is 1. The predicted molar refractivity (Wildman–Crippen MR) is 55.6 cm³/mol. The average molecular weight is 233 g/mol. The number of Topliss-reactive ketones (excluding diaryl/α,β-unsaturated/α-hetero) is 1. The lowest BCUT2D eigenvalue weighted by molar-refractivity contribution is -0.116. The van der Waals surface area contributed by atoms with E-state index >= 15 is 0 Å². The number of ketones is 1. The van der Waals surface area contributed by atoms with Crippen LogP contribution in [0.25, 0.3) is 0 Å². The van der Waals surface area contributed by atoms with Crippen LogP contribution in [0.3, 0.4) is 0 Å². The number of benzene rings is 1. The zero-order valence-corrected chi connectivity index (χ0v) is 9.02. The molecule has 0 spiro atoms. The predicted octanol–water partition coefficient (Wildman–Crippen LogP) is 3.28. The van der Waals surface area contributed by atoms with Crippen molar-refractivity contribution >= 4 is 17.4 Å². The van der Waals surface area contributed by atoms with Crippen LogP contribution in [0, 0.1) is 6.92 Å². The molecular formula is C11H11ClF2O. The molecule has 0 aliphatic rings. The molecule has 0 amide bonds. The summed E-state index contributed by atoms with van der Waals surface area (Å²) in [6.45, 7) is 1.61. The normalized spacial score (nSPS) is 10.7. The molecule has 0 saturated carbocycles. The van der Waals surface area contributed by atoms with Crippen molar-refractivity contribution in [3.8, 4) is 0 Å². The molecular weight excluding hydrogens is 222 g/mol. The molecule has 0 fully saturated rings. The van der Waals surface area contributed by atoms with E-state index in [1.165, 1.54) is 6.07 Å². The molecule has 1 rings (SSSR count). The summed E-state index contributed by atoms with van der Waals surface area (Å²) in [5.41, 5.74) is 1.24. The van der Waals surface area contributed by atoms with Crippen molar-refractivity contribution in [2.45, 2.75) is 19.8 Å². The average Bonchev–Trinajstić information content (AvgIpc) is 2.17. The van der Waals surface area contributed by atoms with Gasteiger partial charge >= 0.3 is 0 Å². The Hall–Kier alpha value is -0.960. The molecule has 1 aromatic rings. The second kappa shape index (κ2) is 5.21. The highest BCUT2D eigenvalue weighted by atomic mass is 35.5. The van der Waals surface area contributed by atoms with E-state index in [9.17, 15) is 13.6 Å². The van der Waals surface area contributed by atoms with Gasteiger partial charge in [0.1, 0.15) is 0 Å². The fraction of sp³-hybridized carbons (Fsp3) is 0.364. The molecule has 0 atom stereocenters. The third-order valence-electron chi connectivity index (χ3n) is 2.12. The van der Waals surface area contributed by atoms with Crippen molar-refractivity contribution < 1.29 is 13.6 Å². The highest BCUT2D eigenvalue weighted by Gasteiger charge is 2.11. The Labute approximate surface area is 92.1 Å². The summed E-state index contributed by atoms with van der Waals surface area (Å²) >= 11 is 5.35. The largest absolute Gasteiger partial charge is 0.298 e. The minimum Gasteiger partial charge on any atom is -0.298 e. The fourth-order valence-corrected chi connectivity index (χ4v) is 1.46. The van der Waals surface area contributed by atoms with Gasteiger partial charge in [-0.1, -0.05) is 18.2 Å². The number of halogens is 3. The van der Waals surface area contributed by atoms with Gasteiger partial charge in [0.15, 0.2) is 5.78 Å². The first-order valence-electron chi connectivity index (χ1n) is 4.50. The van der Waals surface area contributed by atoms with Gasteiger partial charge in [-0.25, -0.2) is 8.78 Å². The van der Waals surface area contributed by atoms with E-state index in [2.05, 4.69) is 0 Å². The van der Waals surface area contributed by atoms with E-state index in [-0.39, 0.29) is 23.6 Å². The Kier molecular flexibility index (Phi) is 4.21. The quantitative estimate of drug-likeness (QED) is 0.728. The molecule has 1 nitrogen and oxygen atoms in total. The first-order valence-corrected chi connectivity index (χ1v) is 5.03. The highest BCUT2D eigenvalue weighted by Crippen LogP contribution is 2.23. The van der Waals surface area contributed by atoms with Crippen LogP contribution in [-0.2, 0) is 11.2 Å². The topological polar surface area (TPSA) is 17.1 Å². The summed E-state index contributed by atoms with van der Waals surface area (Å²) in [5.74, 6) is -0.156. The zero-order valence-electron chi connectivity index (χ0n) is 8.27. The molecule has 0 N–H and O–H groups in total. The highest BCUT2D eigenvalue weighted by molar-refractivity contribution is 6.27. The van der Waals surface area contributed by atoms with Crippen LogP contribution in [0.1, 0.15) is 23.1 Å². The molecule has 0 unspecified atom stereocenters. The molecule has 1 aromatic carbocycles. The molecule has 0 aromatic heterocycles. The Morgan fingerprint density at radius 3 is 2.60 bits per heavy atom. The van der Waals surface area contributed by atoms with Crippen LogP contribution in [0.2, 0.25) is 0 Å². The van der Waals surface area contributed by atoms with Crippen LogP contribution < -0.4 is 0 Å². The first kappa shape index (κ1) is 12.1. The molecule has 0 bridgehead atoms. The lowest BCUT2D eigenvalue weighted by atomic mass is 10.0. The van der Waals surface area contributed by atoms with Crippen LogP contribution in [0.4, 0.5) is 8.78 Å². The minimum absolute atomic E-state index is 0.0112. The van der Waals surface area contributed by atoms with Gasteiger partial charge in [0.25, 0.3) is 6.43 Å². The van der Waals surface area contributed by atoms with Crippen molar-refractivity contribution in [1.82, 2.24) is 0 Å². The van der Waals surface area contributed by atoms with Gasteiger partial charge in [0.2, 0.25) is 0 Å². The molecule has 0 radical (unpaired) electrons. The van der Waals surface area contributed by atoms with E-state index in [0.29, 0.717) is 5.56 Å². The summed E-state index contributed by atoms with van der Waals surface area (Å²) in [5, 5.41) is 0. The maximum atomic E-state index is 12.4. The smallest absolute Gasteiger partial charge is 0.264 e. The van der Waals surface area contributed by atoms with Crippen molar-refractivity contribution in [3.63, 3.8) is 0 Å². The van der Waals surface area contributed by atoms with Crippen molar-refractivity contribution in [1.29, 1.82) is 0 Å². The zero-order chi connectivity index (χ0) is 11.4. The van der Waals surface area contributed by atoms with Gasteiger partial charge in [-0.3, -0.25) is 4.79 Å². The molecule has 0 aliphatic carbocycles. The van der Waals surface area contributed by atoms with Gasteiger partial charge in [-0.05, 0) is 18.1 Å². The number of aryl methyl sites for hydroxylation is 1. The summed E-state index contributed by atoms with van der Waals surface area (Å²) in [6.07, 6.45) is -2.27. The van der Waals surface area contributed by atoms with Gasteiger partial charge in [0, 0.05) is 12.0 Å². The van der Waals surface area contributed by atoms with Gasteiger partial charge in [-0.2, -0.15) is 0 Å². The Morgan fingerprint density at radius 2 is 2.13 bits per heavy atom. The maximum absolute atomic E-state index is 12.4. The second-order valence-electron chi connectivity index (χ2n) is 3.34. The van der Waals surface area contributed by atoms with E-state index in [1.54, 1.807) is 19.1 Å². The van der Waals surface area contributed by atoms with E-state index in [0.717, 1.165) is 5.56 Å². The van der Waals surface area contributed by atoms with Crippen molar-refractivity contribution in [2.24, 2.45) is 0 Å².